The Hall–Kier alpha value is -0.450. The molecule has 0 aliphatic heterocycles. The molecule has 0 unspecified atom stereocenters. The van der Waals surface area contributed by atoms with Crippen molar-refractivity contribution in [2.45, 2.75) is 25.0 Å². The highest BCUT2D eigenvalue weighted by Gasteiger charge is 2.16. The van der Waals surface area contributed by atoms with Gasteiger partial charge in [0.15, 0.2) is 9.84 Å². The molecule has 1 aromatic rings. The Balaban J connectivity index is 2.60. The van der Waals surface area contributed by atoms with Crippen LogP contribution in [0, 0.1) is 0 Å². The first-order chi connectivity index (χ1) is 8.36. The number of hydrogen-bond donors (Lipinski definition) is 0. The summed E-state index contributed by atoms with van der Waals surface area (Å²) in [6, 6.07) is 5.20. The van der Waals surface area contributed by atoms with Crippen LogP contribution in [-0.4, -0.2) is 26.0 Å². The summed E-state index contributed by atoms with van der Waals surface area (Å²) in [6.45, 7) is 3.40. The molecule has 102 valence electrons. The normalized spacial score (nSPS) is 11.8. The molecule has 0 atom stereocenters. The van der Waals surface area contributed by atoms with Crippen molar-refractivity contribution in [2.75, 3.05) is 12.4 Å². The van der Waals surface area contributed by atoms with Gasteiger partial charge in [0.25, 0.3) is 0 Å². The van der Waals surface area contributed by atoms with Crippen molar-refractivity contribution < 1.29 is 13.2 Å². The average molecular weight is 311 g/mol. The van der Waals surface area contributed by atoms with Crippen LogP contribution in [0.4, 0.5) is 0 Å². The van der Waals surface area contributed by atoms with E-state index in [4.69, 9.17) is 27.9 Å². The smallest absolute Gasteiger partial charge is 0.155 e. The van der Waals surface area contributed by atoms with Gasteiger partial charge in [0, 0.05) is 5.88 Å². The van der Waals surface area contributed by atoms with E-state index in [0.29, 0.717) is 16.7 Å². The van der Waals surface area contributed by atoms with Crippen molar-refractivity contribution in [1.29, 1.82) is 0 Å². The molecule has 1 rings (SSSR count). The molecular weight excluding hydrogens is 295 g/mol. The van der Waals surface area contributed by atoms with Crippen LogP contribution in [0.1, 0.15) is 19.4 Å². The molecule has 0 aliphatic carbocycles. The minimum absolute atomic E-state index is 0.0156. The largest absolute Gasteiger partial charge is 0.491 e. The lowest BCUT2D eigenvalue weighted by atomic mass is 10.2. The van der Waals surface area contributed by atoms with Crippen LogP contribution in [0.3, 0.4) is 0 Å². The van der Waals surface area contributed by atoms with E-state index in [1.807, 2.05) is 0 Å². The highest BCUT2D eigenvalue weighted by Crippen LogP contribution is 2.26. The lowest BCUT2D eigenvalue weighted by molar-refractivity contribution is 0.340. The third-order valence-electron chi connectivity index (χ3n) is 2.49. The zero-order chi connectivity index (χ0) is 13.8. The number of benzene rings is 1. The van der Waals surface area contributed by atoms with Crippen LogP contribution >= 0.6 is 23.2 Å². The second-order valence-corrected chi connectivity index (χ2v) is 7.51. The van der Waals surface area contributed by atoms with Gasteiger partial charge in [-0.2, -0.15) is 0 Å². The summed E-state index contributed by atoms with van der Waals surface area (Å²) < 4.78 is 28.5. The fourth-order valence-electron chi connectivity index (χ4n) is 1.25. The van der Waals surface area contributed by atoms with Gasteiger partial charge in [0.2, 0.25) is 0 Å². The van der Waals surface area contributed by atoms with Gasteiger partial charge < -0.3 is 4.74 Å². The number of halogens is 2. The fraction of sp³-hybridized carbons (Fsp3) is 0.500. The zero-order valence-electron chi connectivity index (χ0n) is 10.3. The molecule has 0 saturated carbocycles. The summed E-state index contributed by atoms with van der Waals surface area (Å²) in [6.07, 6.45) is 0. The van der Waals surface area contributed by atoms with Crippen molar-refractivity contribution in [1.82, 2.24) is 0 Å². The van der Waals surface area contributed by atoms with Crippen LogP contribution in [0.5, 0.6) is 5.75 Å². The number of ether oxygens (including phenoxy) is 1. The zero-order valence-corrected chi connectivity index (χ0v) is 12.6. The van der Waals surface area contributed by atoms with Gasteiger partial charge in [-0.1, -0.05) is 17.7 Å². The highest BCUT2D eigenvalue weighted by atomic mass is 35.5. The fourth-order valence-corrected chi connectivity index (χ4v) is 2.46. The van der Waals surface area contributed by atoms with Gasteiger partial charge in [-0.15, -0.1) is 11.6 Å². The van der Waals surface area contributed by atoms with Crippen molar-refractivity contribution in [2.24, 2.45) is 0 Å². The molecule has 6 heteroatoms. The van der Waals surface area contributed by atoms with Crippen LogP contribution in [-0.2, 0) is 15.7 Å². The van der Waals surface area contributed by atoms with E-state index in [1.54, 1.807) is 32.0 Å². The molecule has 0 spiro atoms. The van der Waals surface area contributed by atoms with Crippen LogP contribution < -0.4 is 4.74 Å². The van der Waals surface area contributed by atoms with Gasteiger partial charge in [0.1, 0.15) is 12.4 Å². The minimum atomic E-state index is -3.08. The molecule has 18 heavy (non-hydrogen) atoms. The third-order valence-corrected chi connectivity index (χ3v) is 5.27. The van der Waals surface area contributed by atoms with Crippen molar-refractivity contribution in [3.05, 3.63) is 28.8 Å². The van der Waals surface area contributed by atoms with Crippen LogP contribution in [0.25, 0.3) is 0 Å². The summed E-state index contributed by atoms with van der Waals surface area (Å²) in [4.78, 5) is 0. The predicted molar refractivity (Wildman–Crippen MR) is 75.4 cm³/mol. The molecule has 0 N–H and O–H groups in total. The Kier molecular flexibility index (Phi) is 5.76. The van der Waals surface area contributed by atoms with Crippen LogP contribution in [0.2, 0.25) is 5.02 Å². The molecule has 0 aliphatic rings. The van der Waals surface area contributed by atoms with E-state index < -0.39 is 15.1 Å². The first-order valence-corrected chi connectivity index (χ1v) is 8.18. The lowest BCUT2D eigenvalue weighted by Gasteiger charge is -2.10. The molecule has 3 nitrogen and oxygen atoms in total. The Morgan fingerprint density at radius 2 is 2.00 bits per heavy atom. The van der Waals surface area contributed by atoms with Crippen molar-refractivity contribution in [3.8, 4) is 5.75 Å². The predicted octanol–water partition coefficient (Wildman–Crippen LogP) is 3.28. The second-order valence-electron chi connectivity index (χ2n) is 4.16. The number of hydrogen-bond acceptors (Lipinski definition) is 3. The first-order valence-electron chi connectivity index (χ1n) is 5.55. The molecular formula is C12H16Cl2O3S. The topological polar surface area (TPSA) is 43.4 Å². The molecule has 0 bridgehead atoms. The maximum atomic E-state index is 11.6. The van der Waals surface area contributed by atoms with Gasteiger partial charge in [-0.3, -0.25) is 0 Å². The maximum absolute atomic E-state index is 11.6. The van der Waals surface area contributed by atoms with E-state index in [0.717, 1.165) is 5.56 Å². The molecule has 0 saturated heterocycles. The maximum Gasteiger partial charge on any atom is 0.155 e. The van der Waals surface area contributed by atoms with E-state index in [-0.39, 0.29) is 12.4 Å². The van der Waals surface area contributed by atoms with Crippen molar-refractivity contribution >= 4 is 33.0 Å². The van der Waals surface area contributed by atoms with Crippen molar-refractivity contribution in [3.63, 3.8) is 0 Å². The van der Waals surface area contributed by atoms with Gasteiger partial charge in [-0.05, 0) is 31.5 Å². The summed E-state index contributed by atoms with van der Waals surface area (Å²) in [7, 11) is -3.08. The first kappa shape index (κ1) is 15.6. The summed E-state index contributed by atoms with van der Waals surface area (Å²) in [5.41, 5.74) is 0.892. The monoisotopic (exact) mass is 310 g/mol. The minimum Gasteiger partial charge on any atom is -0.491 e. The Morgan fingerprint density at radius 3 is 2.50 bits per heavy atom. The number of rotatable bonds is 6. The average Bonchev–Trinajstić information content (AvgIpc) is 2.30. The Bertz CT molecular complexity index is 498. The molecule has 0 heterocycles. The van der Waals surface area contributed by atoms with E-state index >= 15 is 0 Å². The van der Waals surface area contributed by atoms with E-state index in [9.17, 15) is 8.42 Å². The Morgan fingerprint density at radius 1 is 1.33 bits per heavy atom. The molecule has 0 aromatic heterocycles. The standard InChI is InChI=1S/C12H16Cl2O3S/c1-9(2)18(15,16)6-5-17-12-4-3-10(8-13)7-11(12)14/h3-4,7,9H,5-6,8H2,1-2H3. The lowest BCUT2D eigenvalue weighted by Crippen LogP contribution is -2.22. The molecule has 0 amide bonds. The summed E-state index contributed by atoms with van der Waals surface area (Å²) in [5, 5.41) is 0.0466. The summed E-state index contributed by atoms with van der Waals surface area (Å²) in [5.74, 6) is 0.837. The molecule has 1 aromatic carbocycles. The van der Waals surface area contributed by atoms with E-state index in [2.05, 4.69) is 0 Å². The molecule has 0 fully saturated rings. The van der Waals surface area contributed by atoms with Crippen LogP contribution in [0.15, 0.2) is 18.2 Å². The third kappa shape index (κ3) is 4.34. The van der Waals surface area contributed by atoms with Gasteiger partial charge >= 0.3 is 0 Å². The highest BCUT2D eigenvalue weighted by molar-refractivity contribution is 7.91. The van der Waals surface area contributed by atoms with E-state index in [1.165, 1.54) is 0 Å². The Labute approximate surface area is 118 Å². The van der Waals surface area contributed by atoms with Gasteiger partial charge in [0.05, 0.1) is 16.0 Å². The SMILES string of the molecule is CC(C)S(=O)(=O)CCOc1ccc(CCl)cc1Cl. The van der Waals surface area contributed by atoms with Gasteiger partial charge in [-0.25, -0.2) is 8.42 Å². The number of sulfone groups is 1. The quantitative estimate of drug-likeness (QED) is 0.757. The summed E-state index contributed by atoms with van der Waals surface area (Å²) >= 11 is 11.7. The number of alkyl halides is 1. The molecule has 0 radical (unpaired) electrons. The second kappa shape index (κ2) is 6.64.